The summed E-state index contributed by atoms with van der Waals surface area (Å²) in [7, 11) is 0. The summed E-state index contributed by atoms with van der Waals surface area (Å²) in [6, 6.07) is 61.1. The Bertz CT molecular complexity index is 2060. The first-order valence-corrected chi connectivity index (χ1v) is 16.7. The number of amides is 1. The van der Waals surface area contributed by atoms with Gasteiger partial charge in [-0.05, 0) is 34.4 Å². The molecule has 0 radical (unpaired) electrons. The van der Waals surface area contributed by atoms with E-state index in [-0.39, 0.29) is 11.9 Å². The molecule has 1 aromatic heterocycles. The van der Waals surface area contributed by atoms with E-state index in [0.717, 1.165) is 39.2 Å². The van der Waals surface area contributed by atoms with Crippen LogP contribution in [-0.4, -0.2) is 15.8 Å². The Morgan fingerprint density at radius 3 is 1.61 bits per heavy atom. The summed E-state index contributed by atoms with van der Waals surface area (Å²) in [6.07, 6.45) is 0.599. The molecule has 49 heavy (non-hydrogen) atoms. The van der Waals surface area contributed by atoms with Gasteiger partial charge >= 0.3 is 0 Å². The maximum atomic E-state index is 14.5. The van der Waals surface area contributed by atoms with Gasteiger partial charge in [0.05, 0.1) is 5.21 Å². The topological polar surface area (TPSA) is 50.8 Å². The molecule has 0 aliphatic carbocycles. The molecule has 0 saturated carbocycles. The Morgan fingerprint density at radius 2 is 1.08 bits per heavy atom. The molecule has 7 aromatic rings. The highest BCUT2D eigenvalue weighted by Crippen LogP contribution is 2.43. The van der Waals surface area contributed by atoms with E-state index in [2.05, 4.69) is 119 Å². The van der Waals surface area contributed by atoms with Crippen LogP contribution in [0.2, 0.25) is 0 Å². The van der Waals surface area contributed by atoms with Crippen molar-refractivity contribution in [3.8, 4) is 11.3 Å². The van der Waals surface area contributed by atoms with Crippen molar-refractivity contribution in [2.24, 2.45) is 0 Å². The maximum Gasteiger partial charge on any atom is 0.252 e. The van der Waals surface area contributed by atoms with E-state index < -0.39 is 5.54 Å². The minimum Gasteiger partial charge on any atom is -0.334 e. The number of rotatable bonds is 11. The second-order valence-electron chi connectivity index (χ2n) is 12.3. The molecule has 0 bridgehead atoms. The summed E-state index contributed by atoms with van der Waals surface area (Å²) < 4.78 is 4.27. The lowest BCUT2D eigenvalue weighted by Gasteiger charge is -2.40. The minimum atomic E-state index is -1.03. The average molecular weight is 640 g/mol. The van der Waals surface area contributed by atoms with Crippen LogP contribution in [0, 0.1) is 6.92 Å². The zero-order chi connectivity index (χ0) is 33.5. The predicted molar refractivity (Wildman–Crippen MR) is 195 cm³/mol. The van der Waals surface area contributed by atoms with E-state index >= 15 is 0 Å². The van der Waals surface area contributed by atoms with Gasteiger partial charge in [0.25, 0.3) is 5.91 Å². The lowest BCUT2D eigenvalue weighted by Crippen LogP contribution is -2.54. The fourth-order valence-electron chi connectivity index (χ4n) is 6.92. The maximum absolute atomic E-state index is 14.5. The van der Waals surface area contributed by atoms with Crippen molar-refractivity contribution in [2.75, 3.05) is 0 Å². The lowest BCUT2D eigenvalue weighted by molar-refractivity contribution is -0.738. The van der Waals surface area contributed by atoms with E-state index in [9.17, 15) is 4.79 Å². The minimum absolute atomic E-state index is 0.156. The van der Waals surface area contributed by atoms with Gasteiger partial charge in [0, 0.05) is 24.5 Å². The van der Waals surface area contributed by atoms with Crippen LogP contribution < -0.4 is 10.00 Å². The molecule has 5 nitrogen and oxygen atoms in total. The Kier molecular flexibility index (Phi) is 9.24. The summed E-state index contributed by atoms with van der Waals surface area (Å²) in [5, 5.41) is 9.09. The Morgan fingerprint density at radius 1 is 0.633 bits per heavy atom. The molecule has 0 saturated heterocycles. The first kappa shape index (κ1) is 31.5. The van der Waals surface area contributed by atoms with Crippen LogP contribution in [0.3, 0.4) is 0 Å². The predicted octanol–water partition coefficient (Wildman–Crippen LogP) is 8.35. The normalized spacial score (nSPS) is 11.9. The van der Waals surface area contributed by atoms with Crippen molar-refractivity contribution in [1.29, 1.82) is 0 Å². The van der Waals surface area contributed by atoms with Gasteiger partial charge in [-0.1, -0.05) is 170 Å². The molecule has 0 spiro atoms. The summed E-state index contributed by atoms with van der Waals surface area (Å²) in [5.41, 5.74) is 6.93. The highest BCUT2D eigenvalue weighted by atomic mass is 16.1. The second-order valence-corrected chi connectivity index (χ2v) is 12.3. The molecule has 1 N–H and O–H groups in total. The van der Waals surface area contributed by atoms with Gasteiger partial charge in [0.1, 0.15) is 12.1 Å². The van der Waals surface area contributed by atoms with Crippen LogP contribution in [0.1, 0.15) is 44.3 Å². The third-order valence-electron chi connectivity index (χ3n) is 9.24. The molecule has 0 aliphatic rings. The zero-order valence-electron chi connectivity index (χ0n) is 27.6. The zero-order valence-corrected chi connectivity index (χ0v) is 27.6. The summed E-state index contributed by atoms with van der Waals surface area (Å²) in [4.78, 5) is 14.5. The fraction of sp³-hybridized carbons (Fsp3) is 0.114. The molecule has 1 heterocycles. The van der Waals surface area contributed by atoms with Gasteiger partial charge in [0.15, 0.2) is 11.7 Å². The summed E-state index contributed by atoms with van der Waals surface area (Å²) >= 11 is 0. The van der Waals surface area contributed by atoms with Crippen LogP contribution in [0.5, 0.6) is 0 Å². The van der Waals surface area contributed by atoms with Crippen LogP contribution in [0.15, 0.2) is 182 Å². The second kappa shape index (κ2) is 14.4. The first-order valence-electron chi connectivity index (χ1n) is 16.7. The standard InChI is InChI=1S/C44H38N4O/c1-34-42(37-24-12-4-13-25-37)47(33-36-22-10-3-11-23-36)46-48(34)41(32-35-20-8-2-9-21-35)44(39-28-16-6-17-29-39,40-30-18-7-19-31-40)45-43(49)38-26-14-5-15-27-38/h2-31,41H,32-33H2,1H3/p+1/t41-/m0/s1. The lowest BCUT2D eigenvalue weighted by atomic mass is 9.74. The molecule has 0 unspecified atom stereocenters. The number of hydrogen-bond donors (Lipinski definition) is 1. The van der Waals surface area contributed by atoms with Gasteiger partial charge < -0.3 is 5.32 Å². The number of nitrogens with one attached hydrogen (secondary N) is 1. The quantitative estimate of drug-likeness (QED) is 0.145. The molecule has 1 amide bonds. The number of hydrogen-bond acceptors (Lipinski definition) is 2. The highest BCUT2D eigenvalue weighted by Gasteiger charge is 2.50. The molecule has 6 aromatic carbocycles. The van der Waals surface area contributed by atoms with Gasteiger partial charge in [-0.25, -0.2) is 0 Å². The monoisotopic (exact) mass is 639 g/mol. The van der Waals surface area contributed by atoms with Gasteiger partial charge in [0.2, 0.25) is 5.69 Å². The Hall–Kier alpha value is -6.07. The molecule has 1 atom stereocenters. The van der Waals surface area contributed by atoms with Crippen molar-refractivity contribution in [3.05, 3.63) is 216 Å². The van der Waals surface area contributed by atoms with Crippen LogP contribution in [0.4, 0.5) is 0 Å². The number of benzene rings is 6. The van der Waals surface area contributed by atoms with Gasteiger partial charge in [-0.3, -0.25) is 4.79 Å². The molecule has 240 valence electrons. The molecular formula is C44H39N4O+. The van der Waals surface area contributed by atoms with E-state index in [4.69, 9.17) is 5.21 Å². The van der Waals surface area contributed by atoms with E-state index in [1.54, 1.807) is 0 Å². The smallest absolute Gasteiger partial charge is 0.252 e. The number of carbonyl (C=O) groups is 1. The van der Waals surface area contributed by atoms with Crippen molar-refractivity contribution >= 4 is 5.91 Å². The van der Waals surface area contributed by atoms with E-state index in [1.165, 1.54) is 0 Å². The molecule has 0 aliphatic heterocycles. The van der Waals surface area contributed by atoms with Crippen molar-refractivity contribution in [1.82, 2.24) is 15.2 Å². The van der Waals surface area contributed by atoms with Crippen molar-refractivity contribution in [3.63, 3.8) is 0 Å². The van der Waals surface area contributed by atoms with Gasteiger partial charge in [-0.15, -0.1) is 9.36 Å². The van der Waals surface area contributed by atoms with Crippen LogP contribution in [0.25, 0.3) is 11.3 Å². The highest BCUT2D eigenvalue weighted by molar-refractivity contribution is 5.95. The third-order valence-corrected chi connectivity index (χ3v) is 9.24. The Labute approximate surface area is 288 Å². The van der Waals surface area contributed by atoms with Crippen molar-refractivity contribution < 1.29 is 9.48 Å². The van der Waals surface area contributed by atoms with Crippen LogP contribution >= 0.6 is 0 Å². The largest absolute Gasteiger partial charge is 0.334 e. The number of nitrogens with zero attached hydrogens (tertiary/aromatic N) is 3. The average Bonchev–Trinajstić information content (AvgIpc) is 3.49. The third kappa shape index (κ3) is 6.56. The number of aromatic nitrogens is 3. The molecule has 0 fully saturated rings. The van der Waals surface area contributed by atoms with E-state index in [0.29, 0.717) is 18.5 Å². The Balaban J connectivity index is 1.52. The SMILES string of the molecule is Cc1c(-c2ccccc2)[n+](Cc2ccccc2)nn1[C@@H](Cc1ccccc1)C(NC(=O)c1ccccc1)(c1ccccc1)c1ccccc1. The molecule has 5 heteroatoms. The molecule has 7 rings (SSSR count). The van der Waals surface area contributed by atoms with Crippen LogP contribution in [-0.2, 0) is 18.5 Å². The van der Waals surface area contributed by atoms with Gasteiger partial charge in [-0.2, -0.15) is 0 Å². The number of carbonyl (C=O) groups excluding carboxylic acids is 1. The summed E-state index contributed by atoms with van der Waals surface area (Å²) in [6.45, 7) is 2.74. The fourth-order valence-corrected chi connectivity index (χ4v) is 6.92. The summed E-state index contributed by atoms with van der Waals surface area (Å²) in [5.74, 6) is -0.156. The van der Waals surface area contributed by atoms with Crippen molar-refractivity contribution in [2.45, 2.75) is 31.5 Å². The molecular weight excluding hydrogens is 601 g/mol. The van der Waals surface area contributed by atoms with E-state index in [1.807, 2.05) is 84.9 Å². The first-order chi connectivity index (χ1) is 24.1.